The molecule has 18 heavy (non-hydrogen) atoms. The summed E-state index contributed by atoms with van der Waals surface area (Å²) in [5.74, 6) is -0.247. The highest BCUT2D eigenvalue weighted by Crippen LogP contribution is 2.17. The summed E-state index contributed by atoms with van der Waals surface area (Å²) in [5, 5.41) is 0. The molecule has 0 fully saturated rings. The zero-order valence-corrected chi connectivity index (χ0v) is 14.2. The molecule has 0 aromatic rings. The second kappa shape index (κ2) is 11.3. The van der Waals surface area contributed by atoms with Gasteiger partial charge in [0.25, 0.3) is 0 Å². The summed E-state index contributed by atoms with van der Waals surface area (Å²) in [4.78, 5) is 21.8. The van der Waals surface area contributed by atoms with Crippen LogP contribution in [0, 0.1) is 0 Å². The van der Waals surface area contributed by atoms with E-state index in [0.717, 1.165) is 0 Å². The van der Waals surface area contributed by atoms with E-state index in [9.17, 15) is 9.59 Å². The molecule has 2 atom stereocenters. The SMILES string of the molecule is O=C(OCCCl)C(Br)CCC(Br)C(=O)OCCCl. The number of halogens is 4. The van der Waals surface area contributed by atoms with Crippen LogP contribution in [-0.2, 0) is 19.1 Å². The van der Waals surface area contributed by atoms with Gasteiger partial charge in [-0.1, -0.05) is 31.9 Å². The lowest BCUT2D eigenvalue weighted by Gasteiger charge is -2.12. The van der Waals surface area contributed by atoms with Crippen LogP contribution in [0.5, 0.6) is 0 Å². The van der Waals surface area contributed by atoms with E-state index < -0.39 is 9.65 Å². The van der Waals surface area contributed by atoms with Gasteiger partial charge in [0.1, 0.15) is 22.9 Å². The summed E-state index contributed by atoms with van der Waals surface area (Å²) >= 11 is 17.2. The lowest BCUT2D eigenvalue weighted by Crippen LogP contribution is -2.23. The van der Waals surface area contributed by atoms with Gasteiger partial charge in [0, 0.05) is 0 Å². The van der Waals surface area contributed by atoms with E-state index in [-0.39, 0.29) is 36.9 Å². The minimum atomic E-state index is -0.457. The minimum Gasteiger partial charge on any atom is -0.464 e. The summed E-state index contributed by atoms with van der Waals surface area (Å²) in [6, 6.07) is 0. The molecule has 0 spiro atoms. The van der Waals surface area contributed by atoms with Crippen LogP contribution in [0.1, 0.15) is 12.8 Å². The fourth-order valence-electron chi connectivity index (χ4n) is 0.988. The average molecular weight is 429 g/mol. The van der Waals surface area contributed by atoms with E-state index in [1.54, 1.807) is 0 Å². The van der Waals surface area contributed by atoms with E-state index in [2.05, 4.69) is 31.9 Å². The molecule has 106 valence electrons. The largest absolute Gasteiger partial charge is 0.464 e. The Morgan fingerprint density at radius 2 is 1.22 bits per heavy atom. The highest BCUT2D eigenvalue weighted by atomic mass is 79.9. The third-order valence-corrected chi connectivity index (χ3v) is 3.80. The molecule has 0 amide bonds. The van der Waals surface area contributed by atoms with E-state index in [1.807, 2.05) is 0 Å². The second-order valence-corrected chi connectivity index (χ2v) is 6.19. The van der Waals surface area contributed by atoms with Crippen molar-refractivity contribution in [3.63, 3.8) is 0 Å². The van der Waals surface area contributed by atoms with E-state index in [0.29, 0.717) is 12.8 Å². The molecule has 8 heteroatoms. The van der Waals surface area contributed by atoms with Crippen LogP contribution in [0.4, 0.5) is 0 Å². The van der Waals surface area contributed by atoms with Gasteiger partial charge in [-0.3, -0.25) is 9.59 Å². The smallest absolute Gasteiger partial charge is 0.319 e. The molecule has 0 aliphatic carbocycles. The van der Waals surface area contributed by atoms with Gasteiger partial charge in [-0.25, -0.2) is 0 Å². The highest BCUT2D eigenvalue weighted by Gasteiger charge is 2.21. The third kappa shape index (κ3) is 8.56. The van der Waals surface area contributed by atoms with Crippen LogP contribution in [-0.4, -0.2) is 46.6 Å². The maximum atomic E-state index is 11.4. The Balaban J connectivity index is 3.85. The molecule has 0 saturated carbocycles. The molecule has 0 aromatic heterocycles. The van der Waals surface area contributed by atoms with E-state index >= 15 is 0 Å². The summed E-state index contributed by atoms with van der Waals surface area (Å²) < 4.78 is 9.69. The average Bonchev–Trinajstić information content (AvgIpc) is 2.38. The molecule has 0 saturated heterocycles. The van der Waals surface area contributed by atoms with Gasteiger partial charge in [-0.15, -0.1) is 23.2 Å². The molecule has 0 aliphatic rings. The number of rotatable bonds is 9. The predicted octanol–water partition coefficient (Wildman–Crippen LogP) is 2.86. The van der Waals surface area contributed by atoms with E-state index in [1.165, 1.54) is 0 Å². The third-order valence-electron chi connectivity index (χ3n) is 1.83. The monoisotopic (exact) mass is 426 g/mol. The predicted molar refractivity (Wildman–Crippen MR) is 78.0 cm³/mol. The Morgan fingerprint density at radius 3 is 1.50 bits per heavy atom. The molecule has 0 bridgehead atoms. The summed E-state index contributed by atoms with van der Waals surface area (Å²) in [6.07, 6.45) is 0.903. The zero-order valence-electron chi connectivity index (χ0n) is 9.54. The maximum absolute atomic E-state index is 11.4. The van der Waals surface area contributed by atoms with Gasteiger partial charge in [-0.05, 0) is 12.8 Å². The number of hydrogen-bond donors (Lipinski definition) is 0. The number of alkyl halides is 4. The molecule has 2 unspecified atom stereocenters. The number of esters is 2. The van der Waals surface area contributed by atoms with Crippen molar-refractivity contribution in [1.82, 2.24) is 0 Å². The number of hydrogen-bond acceptors (Lipinski definition) is 4. The van der Waals surface area contributed by atoms with Crippen molar-refractivity contribution in [2.45, 2.75) is 22.5 Å². The first-order valence-corrected chi connectivity index (χ1v) is 8.16. The van der Waals surface area contributed by atoms with Crippen LogP contribution in [0.15, 0.2) is 0 Å². The lowest BCUT2D eigenvalue weighted by atomic mass is 10.2. The molecular weight excluding hydrogens is 415 g/mol. The number of ether oxygens (including phenoxy) is 2. The second-order valence-electron chi connectivity index (χ2n) is 3.23. The molecule has 0 heterocycles. The molecule has 0 radical (unpaired) electrons. The Labute approximate surface area is 133 Å². The van der Waals surface area contributed by atoms with Crippen molar-refractivity contribution in [3.8, 4) is 0 Å². The van der Waals surface area contributed by atoms with Gasteiger partial charge in [0.05, 0.1) is 11.8 Å². The van der Waals surface area contributed by atoms with Crippen molar-refractivity contribution in [2.75, 3.05) is 25.0 Å². The minimum absolute atomic E-state index is 0.179. The topological polar surface area (TPSA) is 52.6 Å². The van der Waals surface area contributed by atoms with Gasteiger partial charge in [0.15, 0.2) is 0 Å². The van der Waals surface area contributed by atoms with Crippen molar-refractivity contribution < 1.29 is 19.1 Å². The van der Waals surface area contributed by atoms with E-state index in [4.69, 9.17) is 32.7 Å². The lowest BCUT2D eigenvalue weighted by molar-refractivity contribution is -0.144. The standard InChI is InChI=1S/C10H14Br2Cl2O4/c11-7(9(15)17-5-3-13)1-2-8(12)10(16)18-6-4-14/h7-8H,1-6H2. The van der Waals surface area contributed by atoms with Crippen LogP contribution < -0.4 is 0 Å². The fourth-order valence-corrected chi connectivity index (χ4v) is 1.93. The molecule has 0 rings (SSSR count). The summed E-state index contributed by atoms with van der Waals surface area (Å²) in [5.41, 5.74) is 0. The molecule has 0 aliphatic heterocycles. The van der Waals surface area contributed by atoms with Gasteiger partial charge >= 0.3 is 11.9 Å². The van der Waals surface area contributed by atoms with Crippen LogP contribution in [0.2, 0.25) is 0 Å². The summed E-state index contributed by atoms with van der Waals surface area (Å²) in [6.45, 7) is 0.357. The van der Waals surface area contributed by atoms with Crippen molar-refractivity contribution >= 4 is 67.0 Å². The maximum Gasteiger partial charge on any atom is 0.319 e. The van der Waals surface area contributed by atoms with Crippen LogP contribution >= 0.6 is 55.1 Å². The van der Waals surface area contributed by atoms with Gasteiger partial charge < -0.3 is 9.47 Å². The Morgan fingerprint density at radius 1 is 0.889 bits per heavy atom. The summed E-state index contributed by atoms with van der Waals surface area (Å²) in [7, 11) is 0. The van der Waals surface area contributed by atoms with Crippen LogP contribution in [0.25, 0.3) is 0 Å². The van der Waals surface area contributed by atoms with Crippen molar-refractivity contribution in [1.29, 1.82) is 0 Å². The zero-order chi connectivity index (χ0) is 14.0. The Bertz CT molecular complexity index is 240. The number of carbonyl (C=O) groups excluding carboxylic acids is 2. The first-order chi connectivity index (χ1) is 8.52. The Hall–Kier alpha value is 0.480. The molecular formula is C10H14Br2Cl2O4. The molecule has 0 aromatic carbocycles. The van der Waals surface area contributed by atoms with Crippen LogP contribution in [0.3, 0.4) is 0 Å². The first-order valence-electron chi connectivity index (χ1n) is 5.26. The fraction of sp³-hybridized carbons (Fsp3) is 0.800. The molecule has 0 N–H and O–H groups in total. The Kier molecular flexibility index (Phi) is 11.6. The quantitative estimate of drug-likeness (QED) is 0.418. The van der Waals surface area contributed by atoms with Crippen molar-refractivity contribution in [2.24, 2.45) is 0 Å². The highest BCUT2D eigenvalue weighted by molar-refractivity contribution is 9.10. The number of carbonyl (C=O) groups is 2. The van der Waals surface area contributed by atoms with Crippen molar-refractivity contribution in [3.05, 3.63) is 0 Å². The normalized spacial score (nSPS) is 13.8. The molecule has 4 nitrogen and oxygen atoms in total. The first kappa shape index (κ1) is 18.5. The van der Waals surface area contributed by atoms with Gasteiger partial charge in [0.2, 0.25) is 0 Å². The van der Waals surface area contributed by atoms with Gasteiger partial charge in [-0.2, -0.15) is 0 Å².